The Labute approximate surface area is 153 Å². The highest BCUT2D eigenvalue weighted by atomic mass is 32.1. The van der Waals surface area contributed by atoms with Crippen molar-refractivity contribution in [3.05, 3.63) is 57.6 Å². The quantitative estimate of drug-likeness (QED) is 0.507. The molecule has 0 saturated carbocycles. The second kappa shape index (κ2) is 6.72. The van der Waals surface area contributed by atoms with E-state index in [-0.39, 0.29) is 11.6 Å². The smallest absolute Gasteiger partial charge is 0.269 e. The predicted octanol–water partition coefficient (Wildman–Crippen LogP) is 4.23. The van der Waals surface area contributed by atoms with E-state index in [2.05, 4.69) is 4.98 Å². The summed E-state index contributed by atoms with van der Waals surface area (Å²) in [7, 11) is 0. The van der Waals surface area contributed by atoms with Crippen LogP contribution in [0.3, 0.4) is 0 Å². The van der Waals surface area contributed by atoms with Crippen LogP contribution in [0.15, 0.2) is 42.6 Å². The van der Waals surface area contributed by atoms with E-state index in [0.717, 1.165) is 30.6 Å². The zero-order valence-electron chi connectivity index (χ0n) is 13.8. The van der Waals surface area contributed by atoms with Gasteiger partial charge in [-0.15, -0.1) is 11.3 Å². The molecule has 1 aliphatic rings. The number of likely N-dealkylation sites (tertiary alicyclic amines) is 1. The molecule has 0 N–H and O–H groups in total. The zero-order valence-corrected chi connectivity index (χ0v) is 14.6. The number of benzene rings is 1. The summed E-state index contributed by atoms with van der Waals surface area (Å²) in [4.78, 5) is 29.7. The van der Waals surface area contributed by atoms with E-state index in [1.54, 1.807) is 30.5 Å². The van der Waals surface area contributed by atoms with Crippen LogP contribution in [0.25, 0.3) is 10.2 Å². The Hall–Kier alpha value is -3.00. The third-order valence-corrected chi connectivity index (χ3v) is 5.38. The monoisotopic (exact) mass is 369 g/mol. The van der Waals surface area contributed by atoms with E-state index in [9.17, 15) is 14.9 Å². The van der Waals surface area contributed by atoms with Crippen LogP contribution in [0.5, 0.6) is 11.5 Å². The van der Waals surface area contributed by atoms with Gasteiger partial charge in [0.25, 0.3) is 11.6 Å². The molecular formula is C18H15N3O4S. The molecule has 3 heterocycles. The van der Waals surface area contributed by atoms with Crippen molar-refractivity contribution in [1.82, 2.24) is 9.88 Å². The lowest BCUT2D eigenvalue weighted by molar-refractivity contribution is -0.384. The van der Waals surface area contributed by atoms with E-state index in [1.165, 1.54) is 23.5 Å². The minimum absolute atomic E-state index is 0.00634. The van der Waals surface area contributed by atoms with Crippen LogP contribution in [0, 0.1) is 10.1 Å². The number of fused-ring (bicyclic) bond motifs is 1. The van der Waals surface area contributed by atoms with Crippen molar-refractivity contribution in [2.75, 3.05) is 13.1 Å². The van der Waals surface area contributed by atoms with Gasteiger partial charge in [0.05, 0.1) is 20.0 Å². The van der Waals surface area contributed by atoms with Crippen molar-refractivity contribution in [1.29, 1.82) is 0 Å². The highest BCUT2D eigenvalue weighted by Gasteiger charge is 2.22. The van der Waals surface area contributed by atoms with Crippen molar-refractivity contribution in [3.63, 3.8) is 0 Å². The van der Waals surface area contributed by atoms with E-state index < -0.39 is 4.92 Å². The maximum Gasteiger partial charge on any atom is 0.269 e. The molecule has 1 aromatic carbocycles. The predicted molar refractivity (Wildman–Crippen MR) is 97.9 cm³/mol. The lowest BCUT2D eigenvalue weighted by Crippen LogP contribution is -2.26. The number of carbonyl (C=O) groups is 1. The number of nitro groups is 1. The fraction of sp³-hybridized carbons (Fsp3) is 0.222. The SMILES string of the molecule is O=C(c1cc2nccc(Oc3ccc([N+](=O)[O-])cc3)c2s1)N1CCCC1. The van der Waals surface area contributed by atoms with Crippen LogP contribution in [-0.2, 0) is 0 Å². The topological polar surface area (TPSA) is 85.6 Å². The molecular weight excluding hydrogens is 354 g/mol. The Balaban J connectivity index is 1.63. The van der Waals surface area contributed by atoms with Gasteiger partial charge in [-0.05, 0) is 31.0 Å². The number of non-ortho nitro benzene ring substituents is 1. The number of amides is 1. The van der Waals surface area contributed by atoms with Gasteiger partial charge in [-0.1, -0.05) is 0 Å². The number of pyridine rings is 1. The van der Waals surface area contributed by atoms with Gasteiger partial charge >= 0.3 is 0 Å². The molecule has 3 aromatic rings. The molecule has 26 heavy (non-hydrogen) atoms. The number of hydrogen-bond donors (Lipinski definition) is 0. The molecule has 2 aromatic heterocycles. The maximum atomic E-state index is 12.6. The maximum absolute atomic E-state index is 12.6. The van der Waals surface area contributed by atoms with Crippen molar-refractivity contribution in [2.24, 2.45) is 0 Å². The van der Waals surface area contributed by atoms with Crippen molar-refractivity contribution < 1.29 is 14.5 Å². The third-order valence-electron chi connectivity index (χ3n) is 4.26. The van der Waals surface area contributed by atoms with Gasteiger partial charge in [0, 0.05) is 37.5 Å². The average molecular weight is 369 g/mol. The molecule has 0 aliphatic carbocycles. The summed E-state index contributed by atoms with van der Waals surface area (Å²) in [5, 5.41) is 10.7. The van der Waals surface area contributed by atoms with Crippen LogP contribution in [-0.4, -0.2) is 33.8 Å². The molecule has 0 atom stereocenters. The second-order valence-electron chi connectivity index (χ2n) is 5.99. The second-order valence-corrected chi connectivity index (χ2v) is 7.04. The molecule has 1 fully saturated rings. The largest absolute Gasteiger partial charge is 0.456 e. The minimum Gasteiger partial charge on any atom is -0.456 e. The molecule has 1 amide bonds. The van der Waals surface area contributed by atoms with Crippen LogP contribution < -0.4 is 4.74 Å². The minimum atomic E-state index is -0.454. The van der Waals surface area contributed by atoms with Crippen molar-refractivity contribution in [2.45, 2.75) is 12.8 Å². The normalized spacial score (nSPS) is 13.9. The molecule has 7 nitrogen and oxygen atoms in total. The first-order valence-corrected chi connectivity index (χ1v) is 9.03. The number of ether oxygens (including phenoxy) is 1. The number of thiophene rings is 1. The Morgan fingerprint density at radius 3 is 2.62 bits per heavy atom. The number of aromatic nitrogens is 1. The summed E-state index contributed by atoms with van der Waals surface area (Å²) in [5.74, 6) is 1.10. The molecule has 4 rings (SSSR count). The van der Waals surface area contributed by atoms with Crippen molar-refractivity contribution in [3.8, 4) is 11.5 Å². The fourth-order valence-electron chi connectivity index (χ4n) is 2.94. The van der Waals surface area contributed by atoms with Gasteiger partial charge < -0.3 is 9.64 Å². The zero-order chi connectivity index (χ0) is 18.1. The van der Waals surface area contributed by atoms with Crippen LogP contribution >= 0.6 is 11.3 Å². The van der Waals surface area contributed by atoms with Gasteiger partial charge in [-0.25, -0.2) is 0 Å². The summed E-state index contributed by atoms with van der Waals surface area (Å²) in [5.41, 5.74) is 0.712. The lowest BCUT2D eigenvalue weighted by Gasteiger charge is -2.13. The highest BCUT2D eigenvalue weighted by molar-refractivity contribution is 7.21. The highest BCUT2D eigenvalue weighted by Crippen LogP contribution is 2.36. The van der Waals surface area contributed by atoms with Gasteiger partial charge in [-0.2, -0.15) is 0 Å². The van der Waals surface area contributed by atoms with Crippen LogP contribution in [0.1, 0.15) is 22.5 Å². The molecule has 0 bridgehead atoms. The first-order chi connectivity index (χ1) is 12.6. The van der Waals surface area contributed by atoms with Gasteiger partial charge in [-0.3, -0.25) is 19.9 Å². The lowest BCUT2D eigenvalue weighted by atomic mass is 10.3. The van der Waals surface area contributed by atoms with E-state index in [1.807, 2.05) is 4.90 Å². The molecule has 0 spiro atoms. The van der Waals surface area contributed by atoms with Crippen LogP contribution in [0.2, 0.25) is 0 Å². The summed E-state index contributed by atoms with van der Waals surface area (Å²) in [6.07, 6.45) is 3.71. The molecule has 132 valence electrons. The van der Waals surface area contributed by atoms with E-state index >= 15 is 0 Å². The summed E-state index contributed by atoms with van der Waals surface area (Å²) < 4.78 is 6.65. The summed E-state index contributed by atoms with van der Waals surface area (Å²) in [6.45, 7) is 1.60. The van der Waals surface area contributed by atoms with Gasteiger partial charge in [0.1, 0.15) is 11.5 Å². The summed E-state index contributed by atoms with van der Waals surface area (Å²) in [6, 6.07) is 9.41. The van der Waals surface area contributed by atoms with Gasteiger partial charge in [0.2, 0.25) is 0 Å². The van der Waals surface area contributed by atoms with Crippen molar-refractivity contribution >= 4 is 33.1 Å². The number of carbonyl (C=O) groups excluding carboxylic acids is 1. The molecule has 1 aliphatic heterocycles. The molecule has 1 saturated heterocycles. The molecule has 0 unspecified atom stereocenters. The number of hydrogen-bond acceptors (Lipinski definition) is 6. The summed E-state index contributed by atoms with van der Waals surface area (Å²) >= 11 is 1.36. The standard InChI is InChI=1S/C18H15N3O4S/c22-18(20-9-1-2-10-20)16-11-14-17(26-16)15(7-8-19-14)25-13-5-3-12(4-6-13)21(23)24/h3-8,11H,1-2,9-10H2. The number of nitrogens with zero attached hydrogens (tertiary/aromatic N) is 3. The first-order valence-electron chi connectivity index (χ1n) is 8.22. The fourth-order valence-corrected chi connectivity index (χ4v) is 3.97. The van der Waals surface area contributed by atoms with E-state index in [4.69, 9.17) is 4.74 Å². The Morgan fingerprint density at radius 1 is 1.19 bits per heavy atom. The van der Waals surface area contributed by atoms with Gasteiger partial charge in [0.15, 0.2) is 0 Å². The number of rotatable bonds is 4. The number of nitro benzene ring substituents is 1. The van der Waals surface area contributed by atoms with Crippen LogP contribution in [0.4, 0.5) is 5.69 Å². The molecule has 8 heteroatoms. The Bertz CT molecular complexity index is 978. The molecule has 0 radical (unpaired) electrons. The third kappa shape index (κ3) is 3.11. The van der Waals surface area contributed by atoms with E-state index in [0.29, 0.717) is 21.9 Å². The first kappa shape index (κ1) is 16.5. The average Bonchev–Trinajstić information content (AvgIpc) is 3.32. The Kier molecular flexibility index (Phi) is 4.26. The Morgan fingerprint density at radius 2 is 1.92 bits per heavy atom.